The molecule has 1 nitrogen and oxygen atoms in total. The molecule has 1 atom stereocenters. The van der Waals surface area contributed by atoms with Crippen molar-refractivity contribution in [1.29, 1.82) is 0 Å². The van der Waals surface area contributed by atoms with Crippen LogP contribution in [0.4, 0.5) is 17.6 Å². The summed E-state index contributed by atoms with van der Waals surface area (Å²) in [7, 11) is 0. The lowest BCUT2D eigenvalue weighted by Gasteiger charge is -2.14. The maximum atomic E-state index is 13.1. The van der Waals surface area contributed by atoms with E-state index < -0.39 is 23.6 Å². The molecule has 0 heterocycles. The van der Waals surface area contributed by atoms with Gasteiger partial charge in [0.2, 0.25) is 0 Å². The van der Waals surface area contributed by atoms with Crippen molar-refractivity contribution in [3.63, 3.8) is 0 Å². The SMILES string of the molecule is CCCSCC(N)c1ccc(F)c(C(F)(F)F)c1. The molecule has 0 spiro atoms. The van der Waals surface area contributed by atoms with Gasteiger partial charge in [0.15, 0.2) is 0 Å². The second kappa shape index (κ2) is 6.43. The third kappa shape index (κ3) is 4.17. The van der Waals surface area contributed by atoms with Crippen molar-refractivity contribution in [2.75, 3.05) is 11.5 Å². The van der Waals surface area contributed by atoms with E-state index in [2.05, 4.69) is 0 Å². The van der Waals surface area contributed by atoms with Crippen molar-refractivity contribution in [1.82, 2.24) is 0 Å². The average Bonchev–Trinajstić information content (AvgIpc) is 2.28. The zero-order valence-corrected chi connectivity index (χ0v) is 10.7. The Balaban J connectivity index is 2.84. The standard InChI is InChI=1S/C12H15F4NS/c1-2-5-18-7-11(17)8-3-4-10(13)9(6-8)12(14,15)16/h3-4,6,11H,2,5,7,17H2,1H3. The van der Waals surface area contributed by atoms with Gasteiger partial charge in [-0.25, -0.2) is 4.39 Å². The van der Waals surface area contributed by atoms with Crippen molar-refractivity contribution in [3.8, 4) is 0 Å². The van der Waals surface area contributed by atoms with Crippen LogP contribution in [0, 0.1) is 5.82 Å². The molecule has 1 aromatic rings. The Morgan fingerprint density at radius 2 is 2.00 bits per heavy atom. The Bertz CT molecular complexity index is 392. The monoisotopic (exact) mass is 281 g/mol. The van der Waals surface area contributed by atoms with Crippen molar-refractivity contribution in [2.24, 2.45) is 5.73 Å². The second-order valence-corrected chi connectivity index (χ2v) is 5.07. The van der Waals surface area contributed by atoms with E-state index in [-0.39, 0.29) is 0 Å². The quantitative estimate of drug-likeness (QED) is 0.652. The Kier molecular flexibility index (Phi) is 5.47. The molecule has 1 unspecified atom stereocenters. The predicted octanol–water partition coefficient (Wildman–Crippen LogP) is 3.99. The highest BCUT2D eigenvalue weighted by atomic mass is 32.2. The van der Waals surface area contributed by atoms with Gasteiger partial charge in [0.05, 0.1) is 5.56 Å². The van der Waals surface area contributed by atoms with Crippen LogP contribution in [0.2, 0.25) is 0 Å². The van der Waals surface area contributed by atoms with Crippen molar-refractivity contribution in [3.05, 3.63) is 35.1 Å². The Morgan fingerprint density at radius 1 is 1.33 bits per heavy atom. The van der Waals surface area contributed by atoms with Crippen LogP contribution in [-0.2, 0) is 6.18 Å². The van der Waals surface area contributed by atoms with Crippen LogP contribution < -0.4 is 5.73 Å². The molecule has 0 bridgehead atoms. The van der Waals surface area contributed by atoms with Crippen LogP contribution >= 0.6 is 11.8 Å². The topological polar surface area (TPSA) is 26.0 Å². The first kappa shape index (κ1) is 15.3. The molecule has 0 aliphatic rings. The minimum absolute atomic E-state index is 0.312. The number of halogens is 4. The van der Waals surface area contributed by atoms with Gasteiger partial charge in [0, 0.05) is 11.8 Å². The van der Waals surface area contributed by atoms with Crippen LogP contribution in [-0.4, -0.2) is 11.5 Å². The predicted molar refractivity (Wildman–Crippen MR) is 65.9 cm³/mol. The molecule has 18 heavy (non-hydrogen) atoms. The molecule has 0 aromatic heterocycles. The maximum absolute atomic E-state index is 13.1. The molecular formula is C12H15F4NS. The van der Waals surface area contributed by atoms with E-state index in [0.29, 0.717) is 11.3 Å². The number of hydrogen-bond acceptors (Lipinski definition) is 2. The van der Waals surface area contributed by atoms with Crippen LogP contribution in [0.3, 0.4) is 0 Å². The summed E-state index contributed by atoms with van der Waals surface area (Å²) in [5.41, 5.74) is 4.85. The van der Waals surface area contributed by atoms with E-state index in [4.69, 9.17) is 5.73 Å². The fourth-order valence-corrected chi connectivity index (χ4v) is 2.34. The van der Waals surface area contributed by atoms with Crippen LogP contribution in [0.25, 0.3) is 0 Å². The highest BCUT2D eigenvalue weighted by Crippen LogP contribution is 2.33. The summed E-state index contributed by atoms with van der Waals surface area (Å²) in [6, 6.07) is 2.42. The lowest BCUT2D eigenvalue weighted by Crippen LogP contribution is -2.16. The van der Waals surface area contributed by atoms with Crippen molar-refractivity contribution in [2.45, 2.75) is 25.6 Å². The lowest BCUT2D eigenvalue weighted by atomic mass is 10.0. The molecular weight excluding hydrogens is 266 g/mol. The Labute approximate surface area is 108 Å². The average molecular weight is 281 g/mol. The summed E-state index contributed by atoms with van der Waals surface area (Å²) in [6.45, 7) is 2.01. The van der Waals surface area contributed by atoms with E-state index in [1.165, 1.54) is 6.07 Å². The molecule has 6 heteroatoms. The highest BCUT2D eigenvalue weighted by Gasteiger charge is 2.34. The third-order valence-electron chi connectivity index (χ3n) is 2.37. The number of rotatable bonds is 5. The normalized spacial score (nSPS) is 13.7. The largest absolute Gasteiger partial charge is 0.419 e. The first-order chi connectivity index (χ1) is 8.36. The van der Waals surface area contributed by atoms with Crippen LogP contribution in [0.1, 0.15) is 30.5 Å². The molecule has 0 fully saturated rings. The lowest BCUT2D eigenvalue weighted by molar-refractivity contribution is -0.140. The molecule has 0 saturated heterocycles. The summed E-state index contributed by atoms with van der Waals surface area (Å²) in [4.78, 5) is 0. The number of thioether (sulfide) groups is 1. The summed E-state index contributed by atoms with van der Waals surface area (Å²) in [6.07, 6.45) is -3.70. The molecule has 0 amide bonds. The van der Waals surface area contributed by atoms with Crippen molar-refractivity contribution >= 4 is 11.8 Å². The van der Waals surface area contributed by atoms with Gasteiger partial charge >= 0.3 is 6.18 Å². The number of hydrogen-bond donors (Lipinski definition) is 1. The van der Waals surface area contributed by atoms with Gasteiger partial charge in [0.25, 0.3) is 0 Å². The zero-order valence-electron chi connectivity index (χ0n) is 9.93. The van der Waals surface area contributed by atoms with Gasteiger partial charge in [-0.2, -0.15) is 24.9 Å². The van der Waals surface area contributed by atoms with E-state index >= 15 is 0 Å². The van der Waals surface area contributed by atoms with Gasteiger partial charge < -0.3 is 5.73 Å². The summed E-state index contributed by atoms with van der Waals surface area (Å²) in [5, 5.41) is 0. The minimum atomic E-state index is -4.68. The van der Waals surface area contributed by atoms with Gasteiger partial charge in [0.1, 0.15) is 5.82 Å². The maximum Gasteiger partial charge on any atom is 0.419 e. The second-order valence-electron chi connectivity index (χ2n) is 3.92. The third-order valence-corrected chi connectivity index (χ3v) is 3.66. The smallest absolute Gasteiger partial charge is 0.323 e. The van der Waals surface area contributed by atoms with E-state index in [1.807, 2.05) is 6.92 Å². The Hall–Kier alpha value is -0.750. The summed E-state index contributed by atoms with van der Waals surface area (Å²) in [5.74, 6) is 0.164. The molecule has 0 saturated carbocycles. The molecule has 1 rings (SSSR count). The van der Waals surface area contributed by atoms with Crippen molar-refractivity contribution < 1.29 is 17.6 Å². The molecule has 102 valence electrons. The molecule has 1 aromatic carbocycles. The highest BCUT2D eigenvalue weighted by molar-refractivity contribution is 7.99. The van der Waals surface area contributed by atoms with Crippen LogP contribution in [0.15, 0.2) is 18.2 Å². The summed E-state index contributed by atoms with van der Waals surface area (Å²) < 4.78 is 50.6. The van der Waals surface area contributed by atoms with Gasteiger partial charge in [-0.15, -0.1) is 0 Å². The number of benzene rings is 1. The minimum Gasteiger partial charge on any atom is -0.323 e. The van der Waals surface area contributed by atoms with Crippen LogP contribution in [0.5, 0.6) is 0 Å². The van der Waals surface area contributed by atoms with Gasteiger partial charge in [-0.1, -0.05) is 13.0 Å². The van der Waals surface area contributed by atoms with Gasteiger partial charge in [-0.05, 0) is 29.9 Å². The van der Waals surface area contributed by atoms with E-state index in [9.17, 15) is 17.6 Å². The molecule has 0 radical (unpaired) electrons. The van der Waals surface area contributed by atoms with E-state index in [0.717, 1.165) is 24.3 Å². The van der Waals surface area contributed by atoms with E-state index in [1.54, 1.807) is 11.8 Å². The first-order valence-corrected chi connectivity index (χ1v) is 6.71. The molecule has 2 N–H and O–H groups in total. The molecule has 0 aliphatic carbocycles. The fourth-order valence-electron chi connectivity index (χ4n) is 1.44. The fraction of sp³-hybridized carbons (Fsp3) is 0.500. The number of alkyl halides is 3. The first-order valence-electron chi connectivity index (χ1n) is 5.56. The zero-order chi connectivity index (χ0) is 13.8. The number of nitrogens with two attached hydrogens (primary N) is 1. The summed E-state index contributed by atoms with van der Waals surface area (Å²) >= 11 is 1.57. The molecule has 0 aliphatic heterocycles. The van der Waals surface area contributed by atoms with Gasteiger partial charge in [-0.3, -0.25) is 0 Å². The Morgan fingerprint density at radius 3 is 2.56 bits per heavy atom.